The van der Waals surface area contributed by atoms with Crippen molar-refractivity contribution in [1.29, 1.82) is 0 Å². The lowest BCUT2D eigenvalue weighted by atomic mass is 10.3. The fraction of sp³-hybridized carbons (Fsp3) is 0.188. The topological polar surface area (TPSA) is 72.5 Å². The summed E-state index contributed by atoms with van der Waals surface area (Å²) in [6.45, 7) is 1.65. The number of ether oxygens (including phenoxy) is 1. The molecule has 1 atom stereocenters. The average Bonchev–Trinajstić information content (AvgIpc) is 2.48. The van der Waals surface area contributed by atoms with Crippen LogP contribution in [0.15, 0.2) is 59.5 Å². The Bertz CT molecular complexity index is 739. The minimum atomic E-state index is -3.24. The first-order valence-electron chi connectivity index (χ1n) is 6.69. The Morgan fingerprint density at radius 2 is 1.64 bits per heavy atom. The summed E-state index contributed by atoms with van der Waals surface area (Å²) in [6, 6.07) is 15.0. The zero-order valence-corrected chi connectivity index (χ0v) is 13.1. The number of carbonyl (C=O) groups is 1. The number of amides is 1. The molecule has 22 heavy (non-hydrogen) atoms. The largest absolute Gasteiger partial charge is 0.481 e. The molecule has 0 bridgehead atoms. The highest BCUT2D eigenvalue weighted by atomic mass is 32.2. The van der Waals surface area contributed by atoms with Crippen LogP contribution < -0.4 is 10.1 Å². The van der Waals surface area contributed by atoms with E-state index in [0.29, 0.717) is 11.4 Å². The maximum absolute atomic E-state index is 12.0. The third-order valence-electron chi connectivity index (χ3n) is 2.98. The lowest BCUT2D eigenvalue weighted by Crippen LogP contribution is -2.30. The molecular weight excluding hydrogens is 302 g/mol. The number of para-hydroxylation sites is 1. The van der Waals surface area contributed by atoms with Gasteiger partial charge in [0.05, 0.1) is 4.90 Å². The van der Waals surface area contributed by atoms with Gasteiger partial charge in [0.1, 0.15) is 5.75 Å². The van der Waals surface area contributed by atoms with Gasteiger partial charge in [-0.1, -0.05) is 18.2 Å². The number of carbonyl (C=O) groups excluding carboxylic acids is 1. The van der Waals surface area contributed by atoms with Gasteiger partial charge in [-0.05, 0) is 43.3 Å². The Morgan fingerprint density at radius 3 is 2.18 bits per heavy atom. The van der Waals surface area contributed by atoms with Gasteiger partial charge in [-0.3, -0.25) is 4.79 Å². The predicted molar refractivity (Wildman–Crippen MR) is 84.7 cm³/mol. The standard InChI is InChI=1S/C16H17NO4S/c1-12(21-14-6-4-3-5-7-14)16(18)17-13-8-10-15(11-9-13)22(2,19)20/h3-12H,1-2H3,(H,17,18). The van der Waals surface area contributed by atoms with E-state index in [4.69, 9.17) is 4.74 Å². The van der Waals surface area contributed by atoms with Gasteiger partial charge in [0, 0.05) is 11.9 Å². The molecule has 0 aliphatic carbocycles. The van der Waals surface area contributed by atoms with Crippen molar-refractivity contribution < 1.29 is 17.9 Å². The SMILES string of the molecule is CC(Oc1ccccc1)C(=O)Nc1ccc(S(C)(=O)=O)cc1. The molecule has 6 heteroatoms. The molecule has 0 saturated heterocycles. The molecule has 1 N–H and O–H groups in total. The van der Waals surface area contributed by atoms with Crippen molar-refractivity contribution in [3.8, 4) is 5.75 Å². The van der Waals surface area contributed by atoms with Crippen LogP contribution >= 0.6 is 0 Å². The number of hydrogen-bond donors (Lipinski definition) is 1. The monoisotopic (exact) mass is 319 g/mol. The van der Waals surface area contributed by atoms with Gasteiger partial charge in [-0.15, -0.1) is 0 Å². The van der Waals surface area contributed by atoms with Crippen LogP contribution in [0.1, 0.15) is 6.92 Å². The van der Waals surface area contributed by atoms with Gasteiger partial charge >= 0.3 is 0 Å². The highest BCUT2D eigenvalue weighted by Crippen LogP contribution is 2.15. The van der Waals surface area contributed by atoms with E-state index in [0.717, 1.165) is 6.26 Å². The van der Waals surface area contributed by atoms with E-state index in [-0.39, 0.29) is 10.8 Å². The molecule has 1 amide bonds. The van der Waals surface area contributed by atoms with E-state index in [1.165, 1.54) is 12.1 Å². The molecule has 0 saturated carbocycles. The molecule has 2 aromatic carbocycles. The molecular formula is C16H17NO4S. The second-order valence-electron chi connectivity index (χ2n) is 4.86. The summed E-state index contributed by atoms with van der Waals surface area (Å²) in [5, 5.41) is 2.68. The van der Waals surface area contributed by atoms with Gasteiger partial charge in [0.15, 0.2) is 15.9 Å². The van der Waals surface area contributed by atoms with Crippen molar-refractivity contribution in [2.75, 3.05) is 11.6 Å². The van der Waals surface area contributed by atoms with Crippen LogP contribution in [0.2, 0.25) is 0 Å². The van der Waals surface area contributed by atoms with Crippen molar-refractivity contribution in [3.05, 3.63) is 54.6 Å². The minimum absolute atomic E-state index is 0.207. The van der Waals surface area contributed by atoms with Gasteiger partial charge < -0.3 is 10.1 Å². The van der Waals surface area contributed by atoms with Crippen molar-refractivity contribution in [3.63, 3.8) is 0 Å². The second kappa shape index (κ2) is 6.62. The molecule has 0 radical (unpaired) electrons. The number of nitrogens with one attached hydrogen (secondary N) is 1. The zero-order valence-electron chi connectivity index (χ0n) is 12.3. The molecule has 0 aromatic heterocycles. The molecule has 2 rings (SSSR count). The Balaban J connectivity index is 1.99. The Kier molecular flexibility index (Phi) is 4.82. The molecule has 0 fully saturated rings. The average molecular weight is 319 g/mol. The summed E-state index contributed by atoms with van der Waals surface area (Å²) in [6.07, 6.45) is 0.466. The van der Waals surface area contributed by atoms with Gasteiger partial charge in [-0.25, -0.2) is 8.42 Å². The smallest absolute Gasteiger partial charge is 0.265 e. The maximum atomic E-state index is 12.0. The number of rotatable bonds is 5. The molecule has 0 spiro atoms. The summed E-state index contributed by atoms with van der Waals surface area (Å²) in [5.41, 5.74) is 0.515. The highest BCUT2D eigenvalue weighted by Gasteiger charge is 2.15. The fourth-order valence-corrected chi connectivity index (χ4v) is 2.42. The number of benzene rings is 2. The summed E-state index contributed by atoms with van der Waals surface area (Å²) < 4.78 is 28.3. The lowest BCUT2D eigenvalue weighted by molar-refractivity contribution is -0.122. The quantitative estimate of drug-likeness (QED) is 0.919. The van der Waals surface area contributed by atoms with Crippen molar-refractivity contribution >= 4 is 21.4 Å². The van der Waals surface area contributed by atoms with E-state index < -0.39 is 15.9 Å². The first kappa shape index (κ1) is 16.0. The van der Waals surface area contributed by atoms with Gasteiger partial charge in [0.2, 0.25) is 0 Å². The number of sulfone groups is 1. The second-order valence-corrected chi connectivity index (χ2v) is 6.87. The van der Waals surface area contributed by atoms with Crippen LogP contribution in [0.3, 0.4) is 0 Å². The number of hydrogen-bond acceptors (Lipinski definition) is 4. The van der Waals surface area contributed by atoms with E-state index >= 15 is 0 Å². The van der Waals surface area contributed by atoms with E-state index in [1.807, 2.05) is 18.2 Å². The first-order chi connectivity index (χ1) is 10.4. The van der Waals surface area contributed by atoms with Crippen LogP contribution in [0.25, 0.3) is 0 Å². The first-order valence-corrected chi connectivity index (χ1v) is 8.58. The van der Waals surface area contributed by atoms with Crippen molar-refractivity contribution in [2.24, 2.45) is 0 Å². The van der Waals surface area contributed by atoms with Crippen LogP contribution in [0.4, 0.5) is 5.69 Å². The Morgan fingerprint density at radius 1 is 1.05 bits per heavy atom. The third-order valence-corrected chi connectivity index (χ3v) is 4.10. The van der Waals surface area contributed by atoms with E-state index in [1.54, 1.807) is 31.2 Å². The molecule has 116 valence electrons. The lowest BCUT2D eigenvalue weighted by Gasteiger charge is -2.14. The van der Waals surface area contributed by atoms with Crippen LogP contribution in [-0.2, 0) is 14.6 Å². The van der Waals surface area contributed by atoms with Gasteiger partial charge in [-0.2, -0.15) is 0 Å². The van der Waals surface area contributed by atoms with Crippen LogP contribution in [-0.4, -0.2) is 26.7 Å². The Labute approximate surface area is 129 Å². The predicted octanol–water partition coefficient (Wildman–Crippen LogP) is 2.50. The molecule has 5 nitrogen and oxygen atoms in total. The zero-order chi connectivity index (χ0) is 16.2. The molecule has 0 aliphatic heterocycles. The molecule has 1 unspecified atom stereocenters. The summed E-state index contributed by atoms with van der Waals surface area (Å²) in [5.74, 6) is 0.300. The summed E-state index contributed by atoms with van der Waals surface area (Å²) in [7, 11) is -3.24. The third kappa shape index (κ3) is 4.33. The maximum Gasteiger partial charge on any atom is 0.265 e. The highest BCUT2D eigenvalue weighted by molar-refractivity contribution is 7.90. The molecule has 0 heterocycles. The number of anilines is 1. The van der Waals surface area contributed by atoms with Crippen molar-refractivity contribution in [1.82, 2.24) is 0 Å². The molecule has 2 aromatic rings. The van der Waals surface area contributed by atoms with E-state index in [2.05, 4.69) is 5.32 Å². The van der Waals surface area contributed by atoms with Gasteiger partial charge in [0.25, 0.3) is 5.91 Å². The summed E-state index contributed by atoms with van der Waals surface area (Å²) in [4.78, 5) is 12.3. The van der Waals surface area contributed by atoms with Crippen LogP contribution in [0, 0.1) is 0 Å². The normalized spacial score (nSPS) is 12.5. The minimum Gasteiger partial charge on any atom is -0.481 e. The van der Waals surface area contributed by atoms with E-state index in [9.17, 15) is 13.2 Å². The van der Waals surface area contributed by atoms with Crippen LogP contribution in [0.5, 0.6) is 5.75 Å². The summed E-state index contributed by atoms with van der Waals surface area (Å²) >= 11 is 0. The van der Waals surface area contributed by atoms with Crippen molar-refractivity contribution in [2.45, 2.75) is 17.9 Å². The fourth-order valence-electron chi connectivity index (χ4n) is 1.79. The Hall–Kier alpha value is -2.34. The molecule has 0 aliphatic rings.